The largest absolute Gasteiger partial charge is 0.378 e. The molecule has 1 heteroatoms. The molecule has 2 fully saturated rings. The standard InChI is InChI=1S/C7H12O/c1-2-6(1)5-8-7-3-4-7/h6-7H,1-5H2. The topological polar surface area (TPSA) is 9.23 Å². The molecule has 0 saturated heterocycles. The van der Waals surface area contributed by atoms with Crippen molar-refractivity contribution in [2.45, 2.75) is 31.8 Å². The lowest BCUT2D eigenvalue weighted by Crippen LogP contribution is -1.96. The molecule has 2 saturated carbocycles. The summed E-state index contributed by atoms with van der Waals surface area (Å²) in [6, 6.07) is 0. The molecular formula is C7H12O. The fourth-order valence-corrected chi connectivity index (χ4v) is 0.791. The molecule has 0 unspecified atom stereocenters. The lowest BCUT2D eigenvalue weighted by Gasteiger charge is -1.96. The van der Waals surface area contributed by atoms with Crippen LogP contribution >= 0.6 is 0 Å². The van der Waals surface area contributed by atoms with E-state index < -0.39 is 0 Å². The third-order valence-electron chi connectivity index (χ3n) is 1.79. The maximum Gasteiger partial charge on any atom is 0.0577 e. The third kappa shape index (κ3) is 1.22. The lowest BCUT2D eigenvalue weighted by molar-refractivity contribution is 0.110. The molecule has 1 nitrogen and oxygen atoms in total. The van der Waals surface area contributed by atoms with Crippen molar-refractivity contribution in [2.75, 3.05) is 6.61 Å². The predicted molar refractivity (Wildman–Crippen MR) is 31.7 cm³/mol. The van der Waals surface area contributed by atoms with Gasteiger partial charge in [-0.15, -0.1) is 0 Å². The van der Waals surface area contributed by atoms with Crippen molar-refractivity contribution >= 4 is 0 Å². The number of hydrogen-bond acceptors (Lipinski definition) is 1. The first kappa shape index (κ1) is 4.80. The Morgan fingerprint density at radius 2 is 1.88 bits per heavy atom. The lowest BCUT2D eigenvalue weighted by atomic mass is 10.5. The van der Waals surface area contributed by atoms with Crippen molar-refractivity contribution in [1.29, 1.82) is 0 Å². The molecule has 0 spiro atoms. The molecule has 0 atom stereocenters. The maximum atomic E-state index is 5.48. The highest BCUT2D eigenvalue weighted by Crippen LogP contribution is 2.32. The van der Waals surface area contributed by atoms with Crippen molar-refractivity contribution in [3.05, 3.63) is 0 Å². The van der Waals surface area contributed by atoms with E-state index in [1.807, 2.05) is 0 Å². The Hall–Kier alpha value is -0.0400. The number of hydrogen-bond donors (Lipinski definition) is 0. The first-order valence-corrected chi connectivity index (χ1v) is 3.57. The van der Waals surface area contributed by atoms with Gasteiger partial charge in [0.15, 0.2) is 0 Å². The molecule has 8 heavy (non-hydrogen) atoms. The first-order chi connectivity index (χ1) is 3.95. The minimum absolute atomic E-state index is 0.676. The Morgan fingerprint density at radius 3 is 2.38 bits per heavy atom. The molecule has 0 N–H and O–H groups in total. The zero-order valence-corrected chi connectivity index (χ0v) is 5.10. The van der Waals surface area contributed by atoms with E-state index in [-0.39, 0.29) is 0 Å². The van der Waals surface area contributed by atoms with Crippen molar-refractivity contribution in [3.63, 3.8) is 0 Å². The average molecular weight is 112 g/mol. The van der Waals surface area contributed by atoms with Crippen LogP contribution in [0.2, 0.25) is 0 Å². The van der Waals surface area contributed by atoms with Crippen molar-refractivity contribution in [1.82, 2.24) is 0 Å². The van der Waals surface area contributed by atoms with Crippen LogP contribution in [0.15, 0.2) is 0 Å². The zero-order valence-electron chi connectivity index (χ0n) is 5.10. The fourth-order valence-electron chi connectivity index (χ4n) is 0.791. The molecule has 0 bridgehead atoms. The SMILES string of the molecule is C1CC1COC1CC1. The highest BCUT2D eigenvalue weighted by molar-refractivity contribution is 4.77. The van der Waals surface area contributed by atoms with Gasteiger partial charge in [-0.1, -0.05) is 0 Å². The summed E-state index contributed by atoms with van der Waals surface area (Å²) < 4.78 is 5.48. The predicted octanol–water partition coefficient (Wildman–Crippen LogP) is 1.58. The van der Waals surface area contributed by atoms with E-state index in [2.05, 4.69) is 0 Å². The fraction of sp³-hybridized carbons (Fsp3) is 1.00. The molecule has 0 radical (unpaired) electrons. The highest BCUT2D eigenvalue weighted by Gasteiger charge is 2.27. The molecule has 0 aromatic carbocycles. The molecule has 0 heterocycles. The molecule has 0 aromatic rings. The van der Waals surface area contributed by atoms with Gasteiger partial charge in [-0.05, 0) is 31.6 Å². The molecule has 2 aliphatic rings. The maximum absolute atomic E-state index is 5.48. The Labute approximate surface area is 50.0 Å². The van der Waals surface area contributed by atoms with E-state index in [0.717, 1.165) is 12.5 Å². The Balaban J connectivity index is 1.56. The Bertz CT molecular complexity index is 70.4. The summed E-state index contributed by atoms with van der Waals surface area (Å²) in [6.45, 7) is 1.06. The van der Waals surface area contributed by atoms with Crippen molar-refractivity contribution in [3.8, 4) is 0 Å². The summed E-state index contributed by atoms with van der Waals surface area (Å²) in [5.74, 6) is 0.954. The smallest absolute Gasteiger partial charge is 0.0577 e. The molecule has 46 valence electrons. The van der Waals surface area contributed by atoms with E-state index in [1.165, 1.54) is 25.7 Å². The average Bonchev–Trinajstić information content (AvgIpc) is 2.60. The van der Waals surface area contributed by atoms with Crippen molar-refractivity contribution < 1.29 is 4.74 Å². The molecule has 0 aromatic heterocycles. The van der Waals surface area contributed by atoms with Gasteiger partial charge < -0.3 is 4.74 Å². The summed E-state index contributed by atoms with van der Waals surface area (Å²) in [4.78, 5) is 0. The van der Waals surface area contributed by atoms with Gasteiger partial charge in [-0.3, -0.25) is 0 Å². The summed E-state index contributed by atoms with van der Waals surface area (Å²) >= 11 is 0. The van der Waals surface area contributed by atoms with Crippen LogP contribution in [0.25, 0.3) is 0 Å². The van der Waals surface area contributed by atoms with E-state index in [0.29, 0.717) is 6.10 Å². The summed E-state index contributed by atoms with van der Waals surface area (Å²) in [6.07, 6.45) is 6.18. The monoisotopic (exact) mass is 112 g/mol. The van der Waals surface area contributed by atoms with Gasteiger partial charge in [0, 0.05) is 6.61 Å². The molecule has 2 aliphatic carbocycles. The van der Waals surface area contributed by atoms with Crippen LogP contribution in [0.5, 0.6) is 0 Å². The summed E-state index contributed by atoms with van der Waals surface area (Å²) in [5, 5.41) is 0. The van der Waals surface area contributed by atoms with Gasteiger partial charge >= 0.3 is 0 Å². The Morgan fingerprint density at radius 1 is 1.12 bits per heavy atom. The minimum atomic E-state index is 0.676. The van der Waals surface area contributed by atoms with Crippen molar-refractivity contribution in [2.24, 2.45) is 5.92 Å². The van der Waals surface area contributed by atoms with Crippen LogP contribution < -0.4 is 0 Å². The third-order valence-corrected chi connectivity index (χ3v) is 1.79. The van der Waals surface area contributed by atoms with Gasteiger partial charge in [-0.2, -0.15) is 0 Å². The summed E-state index contributed by atoms with van der Waals surface area (Å²) in [7, 11) is 0. The van der Waals surface area contributed by atoms with Gasteiger partial charge in [0.2, 0.25) is 0 Å². The molecular weight excluding hydrogens is 100 g/mol. The van der Waals surface area contributed by atoms with Crippen LogP contribution in [0.1, 0.15) is 25.7 Å². The minimum Gasteiger partial charge on any atom is -0.378 e. The van der Waals surface area contributed by atoms with Gasteiger partial charge in [0.05, 0.1) is 6.10 Å². The van der Waals surface area contributed by atoms with Crippen LogP contribution in [-0.4, -0.2) is 12.7 Å². The number of rotatable bonds is 3. The van der Waals surface area contributed by atoms with Crippen LogP contribution in [-0.2, 0) is 4.74 Å². The van der Waals surface area contributed by atoms with Gasteiger partial charge in [-0.25, -0.2) is 0 Å². The quantitative estimate of drug-likeness (QED) is 0.538. The van der Waals surface area contributed by atoms with Gasteiger partial charge in [0.1, 0.15) is 0 Å². The summed E-state index contributed by atoms with van der Waals surface area (Å²) in [5.41, 5.74) is 0. The van der Waals surface area contributed by atoms with Crippen LogP contribution in [0.4, 0.5) is 0 Å². The van der Waals surface area contributed by atoms with E-state index >= 15 is 0 Å². The molecule has 0 amide bonds. The van der Waals surface area contributed by atoms with E-state index in [9.17, 15) is 0 Å². The molecule has 0 aliphatic heterocycles. The number of ether oxygens (including phenoxy) is 1. The van der Waals surface area contributed by atoms with Gasteiger partial charge in [0.25, 0.3) is 0 Å². The van der Waals surface area contributed by atoms with Crippen LogP contribution in [0.3, 0.4) is 0 Å². The second-order valence-electron chi connectivity index (χ2n) is 2.98. The first-order valence-electron chi connectivity index (χ1n) is 3.57. The highest BCUT2D eigenvalue weighted by atomic mass is 16.5. The van der Waals surface area contributed by atoms with E-state index in [4.69, 9.17) is 4.74 Å². The normalized spacial score (nSPS) is 28.5. The van der Waals surface area contributed by atoms with Crippen LogP contribution in [0, 0.1) is 5.92 Å². The second-order valence-corrected chi connectivity index (χ2v) is 2.98. The Kier molecular flexibility index (Phi) is 1.04. The second kappa shape index (κ2) is 1.73. The zero-order chi connectivity index (χ0) is 5.40. The van der Waals surface area contributed by atoms with E-state index in [1.54, 1.807) is 0 Å². The molecule has 2 rings (SSSR count).